The van der Waals surface area contributed by atoms with E-state index in [1.165, 1.54) is 16.7 Å². The number of Topliss-reactive ketones (excluding diaryl/α,β-unsaturated/α-hetero) is 1. The van der Waals surface area contributed by atoms with Crippen molar-refractivity contribution in [1.29, 1.82) is 0 Å². The van der Waals surface area contributed by atoms with Crippen LogP contribution in [0, 0.1) is 6.92 Å². The van der Waals surface area contributed by atoms with Gasteiger partial charge < -0.3 is 4.74 Å². The van der Waals surface area contributed by atoms with Crippen molar-refractivity contribution in [3.8, 4) is 0 Å². The second kappa shape index (κ2) is 5.87. The average molecular weight is 260 g/mol. The minimum atomic E-state index is -0.248. The number of hydrogen-bond acceptors (Lipinski definition) is 2. The first-order chi connectivity index (χ1) is 9.11. The third-order valence-corrected chi connectivity index (χ3v) is 4.34. The first kappa shape index (κ1) is 14.3. The molecule has 0 spiro atoms. The van der Waals surface area contributed by atoms with Crippen molar-refractivity contribution < 1.29 is 9.53 Å². The maximum atomic E-state index is 11.5. The summed E-state index contributed by atoms with van der Waals surface area (Å²) in [6.45, 7) is 4.34. The van der Waals surface area contributed by atoms with Crippen LogP contribution in [0.15, 0.2) is 18.2 Å². The number of hydrogen-bond donors (Lipinski definition) is 0. The average Bonchev–Trinajstić information content (AvgIpc) is 2.43. The Morgan fingerprint density at radius 3 is 2.53 bits per heavy atom. The van der Waals surface area contributed by atoms with Crippen molar-refractivity contribution in [1.82, 2.24) is 0 Å². The molecule has 0 aromatic heterocycles. The highest BCUT2D eigenvalue weighted by Crippen LogP contribution is 2.40. The lowest BCUT2D eigenvalue weighted by atomic mass is 9.76. The second-order valence-electron chi connectivity index (χ2n) is 5.64. The van der Waals surface area contributed by atoms with Gasteiger partial charge in [0.15, 0.2) is 0 Å². The van der Waals surface area contributed by atoms with Crippen molar-refractivity contribution in [2.45, 2.75) is 58.0 Å². The smallest absolute Gasteiger partial charge is 0.133 e. The van der Waals surface area contributed by atoms with Crippen LogP contribution in [0.25, 0.3) is 0 Å². The third-order valence-electron chi connectivity index (χ3n) is 4.34. The molecule has 0 heterocycles. The summed E-state index contributed by atoms with van der Waals surface area (Å²) in [4.78, 5) is 11.5. The molecule has 1 aromatic carbocycles. The van der Waals surface area contributed by atoms with Crippen molar-refractivity contribution in [2.75, 3.05) is 7.11 Å². The summed E-state index contributed by atoms with van der Waals surface area (Å²) in [7, 11) is 1.78. The molecule has 2 heteroatoms. The van der Waals surface area contributed by atoms with Crippen molar-refractivity contribution in [3.05, 3.63) is 34.9 Å². The number of methoxy groups -OCH3 is 1. The maximum Gasteiger partial charge on any atom is 0.133 e. The van der Waals surface area contributed by atoms with Gasteiger partial charge in [0.05, 0.1) is 5.60 Å². The molecule has 1 aliphatic carbocycles. The molecule has 1 aromatic rings. The Bertz CT molecular complexity index is 452. The van der Waals surface area contributed by atoms with Gasteiger partial charge in [0.25, 0.3) is 0 Å². The van der Waals surface area contributed by atoms with E-state index < -0.39 is 0 Å². The molecule has 0 atom stereocenters. The van der Waals surface area contributed by atoms with Gasteiger partial charge in [-0.1, -0.05) is 31.5 Å². The molecule has 2 rings (SSSR count). The molecule has 2 nitrogen and oxygen atoms in total. The quantitative estimate of drug-likeness (QED) is 0.820. The van der Waals surface area contributed by atoms with Crippen molar-refractivity contribution in [3.63, 3.8) is 0 Å². The fourth-order valence-electron chi connectivity index (χ4n) is 3.12. The van der Waals surface area contributed by atoms with E-state index >= 15 is 0 Å². The Labute approximate surface area is 116 Å². The zero-order valence-corrected chi connectivity index (χ0v) is 12.3. The summed E-state index contributed by atoms with van der Waals surface area (Å²) >= 11 is 0. The van der Waals surface area contributed by atoms with Crippen LogP contribution in [0.5, 0.6) is 0 Å². The van der Waals surface area contributed by atoms with E-state index in [0.717, 1.165) is 25.7 Å². The van der Waals surface area contributed by atoms with Crippen LogP contribution < -0.4 is 0 Å². The molecular formula is C17H24O2. The molecule has 1 saturated carbocycles. The molecule has 0 unspecified atom stereocenters. The highest BCUT2D eigenvalue weighted by atomic mass is 16.5. The van der Waals surface area contributed by atoms with Gasteiger partial charge in [-0.3, -0.25) is 4.79 Å². The van der Waals surface area contributed by atoms with E-state index in [4.69, 9.17) is 4.74 Å². The Balaban J connectivity index is 2.36. The van der Waals surface area contributed by atoms with Crippen LogP contribution in [-0.2, 0) is 21.6 Å². The standard InChI is InChI=1S/C17H24O2/c1-4-5-14-7-6-13(2)16(12-14)17(19-3)10-8-15(18)9-11-17/h6-7,12H,4-5,8-11H2,1-3H3. The highest BCUT2D eigenvalue weighted by molar-refractivity contribution is 5.79. The maximum absolute atomic E-state index is 11.5. The van der Waals surface area contributed by atoms with Gasteiger partial charge in [-0.15, -0.1) is 0 Å². The summed E-state index contributed by atoms with van der Waals surface area (Å²) in [6.07, 6.45) is 5.18. The molecule has 0 aliphatic heterocycles. The number of ether oxygens (including phenoxy) is 1. The third kappa shape index (κ3) is 2.89. The molecule has 1 aliphatic rings. The van der Waals surface area contributed by atoms with Crippen LogP contribution in [0.3, 0.4) is 0 Å². The predicted molar refractivity (Wildman–Crippen MR) is 77.3 cm³/mol. The monoisotopic (exact) mass is 260 g/mol. The number of aryl methyl sites for hydroxylation is 2. The lowest BCUT2D eigenvalue weighted by Gasteiger charge is -2.37. The van der Waals surface area contributed by atoms with E-state index in [0.29, 0.717) is 18.6 Å². The van der Waals surface area contributed by atoms with E-state index in [9.17, 15) is 4.79 Å². The summed E-state index contributed by atoms with van der Waals surface area (Å²) in [5.41, 5.74) is 3.68. The van der Waals surface area contributed by atoms with Gasteiger partial charge in [0.1, 0.15) is 5.78 Å². The Hall–Kier alpha value is -1.15. The zero-order valence-electron chi connectivity index (χ0n) is 12.3. The van der Waals surface area contributed by atoms with Gasteiger partial charge in [-0.05, 0) is 42.9 Å². The molecule has 0 saturated heterocycles. The van der Waals surface area contributed by atoms with E-state index in [-0.39, 0.29) is 5.60 Å². The first-order valence-corrected chi connectivity index (χ1v) is 7.28. The summed E-state index contributed by atoms with van der Waals surface area (Å²) < 4.78 is 5.87. The lowest BCUT2D eigenvalue weighted by Crippen LogP contribution is -2.34. The minimum Gasteiger partial charge on any atom is -0.373 e. The molecule has 19 heavy (non-hydrogen) atoms. The minimum absolute atomic E-state index is 0.248. The topological polar surface area (TPSA) is 26.3 Å². The van der Waals surface area contributed by atoms with Crippen molar-refractivity contribution in [2.24, 2.45) is 0 Å². The molecule has 0 amide bonds. The van der Waals surface area contributed by atoms with Crippen LogP contribution >= 0.6 is 0 Å². The zero-order chi connectivity index (χ0) is 13.9. The molecule has 104 valence electrons. The van der Waals surface area contributed by atoms with Gasteiger partial charge in [0, 0.05) is 20.0 Å². The van der Waals surface area contributed by atoms with E-state index in [1.807, 2.05) is 0 Å². The van der Waals surface area contributed by atoms with Crippen molar-refractivity contribution >= 4 is 5.78 Å². The largest absolute Gasteiger partial charge is 0.373 e. The number of benzene rings is 1. The lowest BCUT2D eigenvalue weighted by molar-refractivity contribution is -0.127. The SMILES string of the molecule is CCCc1ccc(C)c(C2(OC)CCC(=O)CC2)c1. The van der Waals surface area contributed by atoms with E-state index in [1.54, 1.807) is 7.11 Å². The molecule has 1 fully saturated rings. The Morgan fingerprint density at radius 2 is 1.95 bits per heavy atom. The Morgan fingerprint density at radius 1 is 1.26 bits per heavy atom. The molecule has 0 N–H and O–H groups in total. The summed E-state index contributed by atoms with van der Waals surface area (Å²) in [5.74, 6) is 0.370. The van der Waals surface area contributed by atoms with Crippen LogP contribution in [-0.4, -0.2) is 12.9 Å². The predicted octanol–water partition coefficient (Wildman–Crippen LogP) is 3.93. The highest BCUT2D eigenvalue weighted by Gasteiger charge is 2.37. The summed E-state index contributed by atoms with van der Waals surface area (Å²) in [6, 6.07) is 6.69. The Kier molecular flexibility index (Phi) is 4.41. The van der Waals surface area contributed by atoms with Gasteiger partial charge in [-0.25, -0.2) is 0 Å². The van der Waals surface area contributed by atoms with Gasteiger partial charge in [0.2, 0.25) is 0 Å². The normalized spacial score (nSPS) is 18.6. The number of carbonyl (C=O) groups excluding carboxylic acids is 1. The number of ketones is 1. The number of carbonyl (C=O) groups is 1. The fraction of sp³-hybridized carbons (Fsp3) is 0.588. The van der Waals surface area contributed by atoms with Gasteiger partial charge in [-0.2, -0.15) is 0 Å². The molecule has 0 bridgehead atoms. The number of rotatable bonds is 4. The molecule has 0 radical (unpaired) electrons. The van der Waals surface area contributed by atoms with Crippen LogP contribution in [0.2, 0.25) is 0 Å². The van der Waals surface area contributed by atoms with Crippen LogP contribution in [0.4, 0.5) is 0 Å². The van der Waals surface area contributed by atoms with Gasteiger partial charge >= 0.3 is 0 Å². The summed E-state index contributed by atoms with van der Waals surface area (Å²) in [5, 5.41) is 0. The fourth-order valence-corrected chi connectivity index (χ4v) is 3.12. The molecular weight excluding hydrogens is 236 g/mol. The first-order valence-electron chi connectivity index (χ1n) is 7.28. The van der Waals surface area contributed by atoms with Crippen LogP contribution in [0.1, 0.15) is 55.7 Å². The second-order valence-corrected chi connectivity index (χ2v) is 5.64. The van der Waals surface area contributed by atoms with E-state index in [2.05, 4.69) is 32.0 Å².